The van der Waals surface area contributed by atoms with Crippen LogP contribution in [0.1, 0.15) is 37.1 Å². The van der Waals surface area contributed by atoms with Crippen molar-refractivity contribution in [3.8, 4) is 11.8 Å². The molecule has 142 valence electrons. The molecule has 0 aliphatic carbocycles. The first-order valence-electron chi connectivity index (χ1n) is 8.50. The average molecular weight is 370 g/mol. The molecule has 7 heteroatoms. The lowest BCUT2D eigenvalue weighted by Gasteiger charge is -2.27. The largest absolute Gasteiger partial charge is 0.486 e. The molecule has 1 amide bonds. The van der Waals surface area contributed by atoms with Crippen LogP contribution in [0, 0.1) is 17.2 Å². The lowest BCUT2D eigenvalue weighted by atomic mass is 9.90. The highest BCUT2D eigenvalue weighted by Gasteiger charge is 2.30. The van der Waals surface area contributed by atoms with Crippen molar-refractivity contribution >= 4 is 11.9 Å². The van der Waals surface area contributed by atoms with E-state index in [1.54, 1.807) is 13.0 Å². The van der Waals surface area contributed by atoms with Gasteiger partial charge in [0.25, 0.3) is 5.91 Å². The van der Waals surface area contributed by atoms with Crippen LogP contribution < -0.4 is 10.1 Å². The van der Waals surface area contributed by atoms with E-state index in [1.807, 2.05) is 44.2 Å². The molecule has 27 heavy (non-hydrogen) atoms. The molecule has 1 atom stereocenters. The predicted octanol–water partition coefficient (Wildman–Crippen LogP) is 3.07. The molecule has 0 radical (unpaired) electrons. The summed E-state index contributed by atoms with van der Waals surface area (Å²) in [5, 5.41) is 11.8. The molecule has 0 spiro atoms. The van der Waals surface area contributed by atoms with Gasteiger partial charge >= 0.3 is 5.97 Å². The third kappa shape index (κ3) is 5.61. The lowest BCUT2D eigenvalue weighted by molar-refractivity contribution is -0.125. The third-order valence-corrected chi connectivity index (χ3v) is 4.11. The maximum Gasteiger partial charge on any atom is 0.374 e. The van der Waals surface area contributed by atoms with E-state index < -0.39 is 24.0 Å². The molecule has 0 saturated carbocycles. The second-order valence-electron chi connectivity index (χ2n) is 6.46. The fraction of sp³-hybridized carbons (Fsp3) is 0.350. The van der Waals surface area contributed by atoms with Gasteiger partial charge in [0.15, 0.2) is 6.61 Å². The standard InChI is InChI=1S/C20H22N2O5/c1-14(2)20(3,13-21)22-18(23)12-26-19(24)17-10-9-16(27-17)11-25-15-7-5-4-6-8-15/h4-10,14H,11-12H2,1-3H3,(H,22,23)/t20-/m1/s1. The van der Waals surface area contributed by atoms with E-state index >= 15 is 0 Å². The van der Waals surface area contributed by atoms with Gasteiger partial charge in [-0.05, 0) is 37.1 Å². The Bertz CT molecular complexity index is 822. The molecule has 1 heterocycles. The molecule has 0 aliphatic heterocycles. The first kappa shape index (κ1) is 20.0. The Labute approximate surface area is 157 Å². The molecule has 2 rings (SSSR count). The van der Waals surface area contributed by atoms with Crippen LogP contribution in [0.5, 0.6) is 5.75 Å². The van der Waals surface area contributed by atoms with Crippen LogP contribution in [-0.4, -0.2) is 24.0 Å². The van der Waals surface area contributed by atoms with Crippen LogP contribution >= 0.6 is 0 Å². The Hall–Kier alpha value is -3.27. The summed E-state index contributed by atoms with van der Waals surface area (Å²) in [6.45, 7) is 4.91. The van der Waals surface area contributed by atoms with Crippen molar-refractivity contribution in [2.75, 3.05) is 6.61 Å². The number of ether oxygens (including phenoxy) is 2. The number of hydrogen-bond donors (Lipinski definition) is 1. The van der Waals surface area contributed by atoms with Gasteiger partial charge in [0.2, 0.25) is 5.76 Å². The Balaban J connectivity index is 1.83. The molecule has 0 bridgehead atoms. The first-order chi connectivity index (χ1) is 12.8. The molecule has 1 aromatic heterocycles. The van der Waals surface area contributed by atoms with Gasteiger partial charge in [0, 0.05) is 0 Å². The summed E-state index contributed by atoms with van der Waals surface area (Å²) in [6, 6.07) is 14.3. The summed E-state index contributed by atoms with van der Waals surface area (Å²) in [5.41, 5.74) is -1.03. The van der Waals surface area contributed by atoms with Crippen molar-refractivity contribution in [3.05, 3.63) is 54.0 Å². The van der Waals surface area contributed by atoms with Crippen LogP contribution in [0.4, 0.5) is 0 Å². The van der Waals surface area contributed by atoms with Gasteiger partial charge in [-0.2, -0.15) is 5.26 Å². The van der Waals surface area contributed by atoms with Crippen LogP contribution in [0.25, 0.3) is 0 Å². The van der Waals surface area contributed by atoms with Gasteiger partial charge in [-0.1, -0.05) is 32.0 Å². The van der Waals surface area contributed by atoms with Crippen LogP contribution in [0.3, 0.4) is 0 Å². The third-order valence-electron chi connectivity index (χ3n) is 4.11. The monoisotopic (exact) mass is 370 g/mol. The highest BCUT2D eigenvalue weighted by Crippen LogP contribution is 2.16. The topological polar surface area (TPSA) is 102 Å². The van der Waals surface area contributed by atoms with Crippen molar-refractivity contribution in [1.29, 1.82) is 5.26 Å². The smallest absolute Gasteiger partial charge is 0.374 e. The molecular weight excluding hydrogens is 348 g/mol. The van der Waals surface area contributed by atoms with Gasteiger partial charge < -0.3 is 19.2 Å². The molecule has 1 N–H and O–H groups in total. The molecule has 0 aliphatic rings. The number of carbonyl (C=O) groups is 2. The van der Waals surface area contributed by atoms with E-state index in [0.717, 1.165) is 0 Å². The Morgan fingerprint density at radius 1 is 1.22 bits per heavy atom. The van der Waals surface area contributed by atoms with Crippen molar-refractivity contribution in [3.63, 3.8) is 0 Å². The maximum absolute atomic E-state index is 12.0. The number of nitriles is 1. The number of nitrogens with one attached hydrogen (secondary N) is 1. The number of rotatable bonds is 8. The van der Waals surface area contributed by atoms with Crippen molar-refractivity contribution < 1.29 is 23.5 Å². The minimum absolute atomic E-state index is 0.0265. The van der Waals surface area contributed by atoms with Gasteiger partial charge in [0.1, 0.15) is 23.7 Å². The Morgan fingerprint density at radius 3 is 2.56 bits per heavy atom. The molecule has 0 fully saturated rings. The summed E-state index contributed by atoms with van der Waals surface area (Å²) in [4.78, 5) is 23.9. The number of carbonyl (C=O) groups excluding carboxylic acids is 2. The van der Waals surface area contributed by atoms with Crippen LogP contribution in [0.2, 0.25) is 0 Å². The minimum atomic E-state index is -1.03. The summed E-state index contributed by atoms with van der Waals surface area (Å²) in [5.74, 6) is -0.312. The van der Waals surface area contributed by atoms with Crippen LogP contribution in [-0.2, 0) is 16.1 Å². The number of hydrogen-bond acceptors (Lipinski definition) is 6. The summed E-state index contributed by atoms with van der Waals surface area (Å²) in [7, 11) is 0. The lowest BCUT2D eigenvalue weighted by Crippen LogP contribution is -2.50. The number of nitrogens with zero attached hydrogens (tertiary/aromatic N) is 1. The molecule has 0 unspecified atom stereocenters. The van der Waals surface area contributed by atoms with E-state index in [0.29, 0.717) is 11.5 Å². The predicted molar refractivity (Wildman–Crippen MR) is 96.8 cm³/mol. The average Bonchev–Trinajstić information content (AvgIpc) is 3.14. The fourth-order valence-electron chi connectivity index (χ4n) is 2.07. The van der Waals surface area contributed by atoms with Gasteiger partial charge in [-0.25, -0.2) is 4.79 Å². The fourth-order valence-corrected chi connectivity index (χ4v) is 2.07. The Morgan fingerprint density at radius 2 is 1.93 bits per heavy atom. The second kappa shape index (κ2) is 8.90. The molecule has 1 aromatic carbocycles. The number of benzene rings is 1. The van der Waals surface area contributed by atoms with Gasteiger partial charge in [-0.3, -0.25) is 4.79 Å². The zero-order valence-electron chi connectivity index (χ0n) is 15.5. The summed E-state index contributed by atoms with van der Waals surface area (Å²) >= 11 is 0. The van der Waals surface area contributed by atoms with Gasteiger partial charge in [0.05, 0.1) is 6.07 Å². The van der Waals surface area contributed by atoms with Crippen LogP contribution in [0.15, 0.2) is 46.9 Å². The SMILES string of the molecule is CC(C)[C@@](C)(C#N)NC(=O)COC(=O)c1ccc(COc2ccccc2)o1. The van der Waals surface area contributed by atoms with E-state index in [1.165, 1.54) is 6.07 Å². The maximum atomic E-state index is 12.0. The highest BCUT2D eigenvalue weighted by atomic mass is 16.6. The Kier molecular flexibility index (Phi) is 6.61. The molecule has 7 nitrogen and oxygen atoms in total. The van der Waals surface area contributed by atoms with Crippen molar-refractivity contribution in [2.45, 2.75) is 32.9 Å². The normalized spacial score (nSPS) is 12.7. The zero-order chi connectivity index (χ0) is 19.9. The van der Waals surface area contributed by atoms with Crippen molar-refractivity contribution in [1.82, 2.24) is 5.32 Å². The number of para-hydroxylation sites is 1. The number of amides is 1. The quantitative estimate of drug-likeness (QED) is 0.717. The second-order valence-corrected chi connectivity index (χ2v) is 6.46. The van der Waals surface area contributed by atoms with E-state index in [4.69, 9.17) is 13.9 Å². The number of furan rings is 1. The highest BCUT2D eigenvalue weighted by molar-refractivity contribution is 5.89. The summed E-state index contributed by atoms with van der Waals surface area (Å²) in [6.07, 6.45) is 0. The molecule has 2 aromatic rings. The molecule has 0 saturated heterocycles. The van der Waals surface area contributed by atoms with E-state index in [9.17, 15) is 14.9 Å². The van der Waals surface area contributed by atoms with E-state index in [2.05, 4.69) is 11.4 Å². The van der Waals surface area contributed by atoms with Crippen molar-refractivity contribution in [2.24, 2.45) is 5.92 Å². The number of esters is 1. The molecular formula is C20H22N2O5. The first-order valence-corrected chi connectivity index (χ1v) is 8.50. The zero-order valence-corrected chi connectivity index (χ0v) is 15.5. The minimum Gasteiger partial charge on any atom is -0.486 e. The summed E-state index contributed by atoms with van der Waals surface area (Å²) < 4.78 is 15.8. The van der Waals surface area contributed by atoms with E-state index in [-0.39, 0.29) is 18.3 Å². The van der Waals surface area contributed by atoms with Gasteiger partial charge in [-0.15, -0.1) is 0 Å².